The summed E-state index contributed by atoms with van der Waals surface area (Å²) in [5.74, 6) is 1.49. The highest BCUT2D eigenvalue weighted by Gasteiger charge is 2.16. The van der Waals surface area contributed by atoms with E-state index in [0.29, 0.717) is 5.69 Å². The van der Waals surface area contributed by atoms with Gasteiger partial charge in [-0.05, 0) is 48.7 Å². The first kappa shape index (κ1) is 15.5. The summed E-state index contributed by atoms with van der Waals surface area (Å²) in [4.78, 5) is 0. The SMILES string of the molecule is Cc1ccc(N)c(-c2nnnn2C(C)CCCC(C)C)c1. The van der Waals surface area contributed by atoms with E-state index >= 15 is 0 Å². The minimum Gasteiger partial charge on any atom is -0.398 e. The Kier molecular flexibility index (Phi) is 4.94. The summed E-state index contributed by atoms with van der Waals surface area (Å²) < 4.78 is 1.89. The topological polar surface area (TPSA) is 69.6 Å². The molecular formula is C16H25N5. The van der Waals surface area contributed by atoms with E-state index in [-0.39, 0.29) is 6.04 Å². The third-order valence-corrected chi connectivity index (χ3v) is 3.76. The van der Waals surface area contributed by atoms with Gasteiger partial charge in [0.2, 0.25) is 0 Å². The van der Waals surface area contributed by atoms with Crippen molar-refractivity contribution in [1.82, 2.24) is 20.2 Å². The predicted molar refractivity (Wildman–Crippen MR) is 85.8 cm³/mol. The molecule has 0 spiro atoms. The van der Waals surface area contributed by atoms with E-state index in [1.807, 2.05) is 29.8 Å². The van der Waals surface area contributed by atoms with Gasteiger partial charge in [0.1, 0.15) is 0 Å². The van der Waals surface area contributed by atoms with Crippen LogP contribution in [0.4, 0.5) is 5.69 Å². The molecule has 2 aromatic rings. The van der Waals surface area contributed by atoms with Gasteiger partial charge in [-0.25, -0.2) is 4.68 Å². The zero-order valence-corrected chi connectivity index (χ0v) is 13.4. The molecule has 21 heavy (non-hydrogen) atoms. The number of aromatic nitrogens is 4. The maximum absolute atomic E-state index is 6.08. The first-order valence-corrected chi connectivity index (χ1v) is 7.63. The first-order chi connectivity index (χ1) is 9.99. The maximum atomic E-state index is 6.08. The van der Waals surface area contributed by atoms with Crippen molar-refractivity contribution in [3.05, 3.63) is 23.8 Å². The molecule has 0 radical (unpaired) electrons. The first-order valence-electron chi connectivity index (χ1n) is 7.63. The molecule has 114 valence electrons. The molecule has 1 heterocycles. The Bertz CT molecular complexity index is 588. The lowest BCUT2D eigenvalue weighted by Crippen LogP contribution is -2.10. The zero-order chi connectivity index (χ0) is 15.4. The molecule has 0 aliphatic heterocycles. The average molecular weight is 287 g/mol. The van der Waals surface area contributed by atoms with Crippen LogP contribution in [0.3, 0.4) is 0 Å². The van der Waals surface area contributed by atoms with Crippen LogP contribution in [0.1, 0.15) is 51.6 Å². The van der Waals surface area contributed by atoms with Gasteiger partial charge in [-0.15, -0.1) is 5.10 Å². The molecule has 1 unspecified atom stereocenters. The number of aryl methyl sites for hydroxylation is 1. The van der Waals surface area contributed by atoms with Crippen molar-refractivity contribution in [2.75, 3.05) is 5.73 Å². The Morgan fingerprint density at radius 3 is 2.67 bits per heavy atom. The van der Waals surface area contributed by atoms with E-state index in [9.17, 15) is 0 Å². The molecule has 1 aromatic carbocycles. The number of hydrogen-bond donors (Lipinski definition) is 1. The maximum Gasteiger partial charge on any atom is 0.184 e. The van der Waals surface area contributed by atoms with Crippen LogP contribution in [0, 0.1) is 12.8 Å². The Hall–Kier alpha value is -1.91. The number of hydrogen-bond acceptors (Lipinski definition) is 4. The van der Waals surface area contributed by atoms with Crippen molar-refractivity contribution in [3.8, 4) is 11.4 Å². The lowest BCUT2D eigenvalue weighted by Gasteiger charge is -2.15. The lowest BCUT2D eigenvalue weighted by molar-refractivity contribution is 0.414. The molecule has 1 aromatic heterocycles. The van der Waals surface area contributed by atoms with Gasteiger partial charge in [0.25, 0.3) is 0 Å². The number of tetrazole rings is 1. The van der Waals surface area contributed by atoms with Crippen molar-refractivity contribution in [1.29, 1.82) is 0 Å². The Morgan fingerprint density at radius 1 is 1.19 bits per heavy atom. The molecule has 0 bridgehead atoms. The summed E-state index contributed by atoms with van der Waals surface area (Å²) in [6.45, 7) is 8.70. The summed E-state index contributed by atoms with van der Waals surface area (Å²) in [5, 5.41) is 12.2. The van der Waals surface area contributed by atoms with Crippen LogP contribution in [-0.2, 0) is 0 Å². The molecule has 1 atom stereocenters. The fourth-order valence-electron chi connectivity index (χ4n) is 2.48. The standard InChI is InChI=1S/C16H25N5/c1-11(2)6-5-7-13(4)21-16(18-19-20-21)14-10-12(3)8-9-15(14)17/h8-11,13H,5-7,17H2,1-4H3. The molecule has 5 nitrogen and oxygen atoms in total. The molecule has 2 N–H and O–H groups in total. The molecule has 0 fully saturated rings. The van der Waals surface area contributed by atoms with Crippen LogP contribution in [-0.4, -0.2) is 20.2 Å². The quantitative estimate of drug-likeness (QED) is 0.824. The van der Waals surface area contributed by atoms with Crippen molar-refractivity contribution >= 4 is 5.69 Å². The van der Waals surface area contributed by atoms with Crippen LogP contribution in [0.25, 0.3) is 11.4 Å². The van der Waals surface area contributed by atoms with Gasteiger partial charge < -0.3 is 5.73 Å². The van der Waals surface area contributed by atoms with Gasteiger partial charge in [-0.3, -0.25) is 0 Å². The second kappa shape index (κ2) is 6.70. The van der Waals surface area contributed by atoms with Crippen LogP contribution in [0.5, 0.6) is 0 Å². The van der Waals surface area contributed by atoms with Crippen LogP contribution in [0.2, 0.25) is 0 Å². The van der Waals surface area contributed by atoms with Gasteiger partial charge in [0.15, 0.2) is 5.82 Å². The van der Waals surface area contributed by atoms with Crippen molar-refractivity contribution in [2.45, 2.75) is 53.0 Å². The minimum absolute atomic E-state index is 0.272. The number of rotatable bonds is 6. The van der Waals surface area contributed by atoms with Gasteiger partial charge in [0, 0.05) is 11.3 Å². The second-order valence-corrected chi connectivity index (χ2v) is 6.21. The molecule has 0 aliphatic rings. The highest BCUT2D eigenvalue weighted by atomic mass is 15.5. The molecule has 0 saturated carbocycles. The third-order valence-electron chi connectivity index (χ3n) is 3.76. The van der Waals surface area contributed by atoms with Gasteiger partial charge >= 0.3 is 0 Å². The zero-order valence-electron chi connectivity index (χ0n) is 13.4. The molecule has 0 aliphatic carbocycles. The molecule has 0 saturated heterocycles. The number of anilines is 1. The van der Waals surface area contributed by atoms with Crippen LogP contribution in [0.15, 0.2) is 18.2 Å². The molecular weight excluding hydrogens is 262 g/mol. The van der Waals surface area contributed by atoms with Crippen molar-refractivity contribution < 1.29 is 0 Å². The highest BCUT2D eigenvalue weighted by Crippen LogP contribution is 2.27. The summed E-state index contributed by atoms with van der Waals surface area (Å²) in [6.07, 6.45) is 3.48. The summed E-state index contributed by atoms with van der Waals surface area (Å²) in [5.41, 5.74) is 8.86. The fraction of sp³-hybridized carbons (Fsp3) is 0.562. The molecule has 5 heteroatoms. The fourth-order valence-corrected chi connectivity index (χ4v) is 2.48. The van der Waals surface area contributed by atoms with E-state index in [1.54, 1.807) is 0 Å². The smallest absolute Gasteiger partial charge is 0.184 e. The van der Waals surface area contributed by atoms with E-state index in [0.717, 1.165) is 29.3 Å². The highest BCUT2D eigenvalue weighted by molar-refractivity contribution is 5.72. The summed E-state index contributed by atoms with van der Waals surface area (Å²) >= 11 is 0. The number of nitrogens with zero attached hydrogens (tertiary/aromatic N) is 4. The molecule has 0 amide bonds. The predicted octanol–water partition coefficient (Wildman–Crippen LogP) is 3.62. The van der Waals surface area contributed by atoms with Crippen LogP contribution >= 0.6 is 0 Å². The minimum atomic E-state index is 0.272. The number of nitrogens with two attached hydrogens (primary N) is 1. The third kappa shape index (κ3) is 3.80. The average Bonchev–Trinajstić information content (AvgIpc) is 2.90. The Labute approximate surface area is 126 Å². The van der Waals surface area contributed by atoms with E-state index in [2.05, 4.69) is 36.3 Å². The van der Waals surface area contributed by atoms with E-state index in [4.69, 9.17) is 5.73 Å². The number of benzene rings is 1. The summed E-state index contributed by atoms with van der Waals surface area (Å²) in [6, 6.07) is 6.22. The second-order valence-electron chi connectivity index (χ2n) is 6.21. The van der Waals surface area contributed by atoms with Gasteiger partial charge in [-0.1, -0.05) is 38.3 Å². The monoisotopic (exact) mass is 287 g/mol. The Balaban J connectivity index is 2.20. The molecule has 2 rings (SSSR count). The van der Waals surface area contributed by atoms with E-state index in [1.165, 1.54) is 12.8 Å². The van der Waals surface area contributed by atoms with Crippen LogP contribution < -0.4 is 5.73 Å². The van der Waals surface area contributed by atoms with Crippen molar-refractivity contribution in [3.63, 3.8) is 0 Å². The summed E-state index contributed by atoms with van der Waals surface area (Å²) in [7, 11) is 0. The van der Waals surface area contributed by atoms with Gasteiger partial charge in [-0.2, -0.15) is 0 Å². The van der Waals surface area contributed by atoms with Crippen molar-refractivity contribution in [2.24, 2.45) is 5.92 Å². The largest absolute Gasteiger partial charge is 0.398 e. The number of nitrogen functional groups attached to an aromatic ring is 1. The lowest BCUT2D eigenvalue weighted by atomic mass is 10.0. The van der Waals surface area contributed by atoms with E-state index < -0.39 is 0 Å². The normalized spacial score (nSPS) is 12.8. The Morgan fingerprint density at radius 2 is 1.95 bits per heavy atom. The van der Waals surface area contributed by atoms with Gasteiger partial charge in [0.05, 0.1) is 6.04 Å².